The third-order valence-corrected chi connectivity index (χ3v) is 3.63. The summed E-state index contributed by atoms with van der Waals surface area (Å²) in [5.41, 5.74) is -0.0481. The molecule has 0 radical (unpaired) electrons. The van der Waals surface area contributed by atoms with E-state index in [9.17, 15) is 0 Å². The molecule has 4 nitrogen and oxygen atoms in total. The van der Waals surface area contributed by atoms with Crippen LogP contribution in [0.15, 0.2) is 0 Å². The van der Waals surface area contributed by atoms with Crippen molar-refractivity contribution in [3.63, 3.8) is 0 Å². The average molecular weight is 272 g/mol. The largest absolute Gasteiger partial charge is 0.376 e. The number of hydrogen-bond donors (Lipinski definition) is 0. The molecule has 1 fully saturated rings. The molecule has 0 aromatic carbocycles. The van der Waals surface area contributed by atoms with Gasteiger partial charge >= 0.3 is 0 Å². The standard InChI is InChI=1S/C13H22ClN3O/c1-13(2,3)11-15-16-12(14)17(11)8-9-18-10-6-4-5-7-10/h10H,4-9H2,1-3H3. The molecule has 1 aromatic heterocycles. The molecule has 0 aliphatic heterocycles. The van der Waals surface area contributed by atoms with Crippen LogP contribution >= 0.6 is 11.6 Å². The van der Waals surface area contributed by atoms with Crippen molar-refractivity contribution in [3.05, 3.63) is 11.1 Å². The number of halogens is 1. The fraction of sp³-hybridized carbons (Fsp3) is 0.846. The molecule has 0 bridgehead atoms. The molecule has 0 saturated heterocycles. The third kappa shape index (κ3) is 3.23. The van der Waals surface area contributed by atoms with Crippen LogP contribution in [0.2, 0.25) is 5.28 Å². The minimum atomic E-state index is -0.0481. The van der Waals surface area contributed by atoms with E-state index in [0.29, 0.717) is 18.0 Å². The average Bonchev–Trinajstić information content (AvgIpc) is 2.88. The highest BCUT2D eigenvalue weighted by atomic mass is 35.5. The molecule has 0 N–H and O–H groups in total. The van der Waals surface area contributed by atoms with E-state index >= 15 is 0 Å². The van der Waals surface area contributed by atoms with E-state index in [1.54, 1.807) is 0 Å². The molecule has 0 atom stereocenters. The number of aromatic nitrogens is 3. The summed E-state index contributed by atoms with van der Waals surface area (Å²) in [7, 11) is 0. The van der Waals surface area contributed by atoms with E-state index in [4.69, 9.17) is 16.3 Å². The maximum Gasteiger partial charge on any atom is 0.225 e. The summed E-state index contributed by atoms with van der Waals surface area (Å²) in [4.78, 5) is 0. The first kappa shape index (κ1) is 13.8. The highest BCUT2D eigenvalue weighted by Gasteiger charge is 2.23. The normalized spacial score (nSPS) is 17.6. The van der Waals surface area contributed by atoms with Gasteiger partial charge in [0.2, 0.25) is 5.28 Å². The SMILES string of the molecule is CC(C)(C)c1nnc(Cl)n1CCOC1CCCC1. The van der Waals surface area contributed by atoms with E-state index in [2.05, 4.69) is 31.0 Å². The van der Waals surface area contributed by atoms with Gasteiger partial charge in [-0.2, -0.15) is 0 Å². The Balaban J connectivity index is 1.93. The first-order valence-electron chi connectivity index (χ1n) is 6.69. The Bertz CT molecular complexity index is 391. The van der Waals surface area contributed by atoms with Gasteiger partial charge in [-0.3, -0.25) is 4.57 Å². The van der Waals surface area contributed by atoms with Crippen molar-refractivity contribution in [2.75, 3.05) is 6.61 Å². The number of rotatable bonds is 4. The molecule has 0 spiro atoms. The van der Waals surface area contributed by atoms with E-state index in [1.165, 1.54) is 25.7 Å². The zero-order valence-electron chi connectivity index (χ0n) is 11.4. The van der Waals surface area contributed by atoms with Crippen molar-refractivity contribution in [2.45, 2.75) is 64.5 Å². The second kappa shape index (κ2) is 5.57. The van der Waals surface area contributed by atoms with Crippen molar-refractivity contribution in [2.24, 2.45) is 0 Å². The van der Waals surface area contributed by atoms with Crippen molar-refractivity contribution in [1.29, 1.82) is 0 Å². The molecule has 1 saturated carbocycles. The molecule has 1 aliphatic carbocycles. The Labute approximate surface area is 114 Å². The zero-order chi connectivity index (χ0) is 13.2. The minimum Gasteiger partial charge on any atom is -0.376 e. The third-order valence-electron chi connectivity index (χ3n) is 3.35. The van der Waals surface area contributed by atoms with Gasteiger partial charge in [0.25, 0.3) is 0 Å². The number of ether oxygens (including phenoxy) is 1. The van der Waals surface area contributed by atoms with Crippen LogP contribution in [-0.4, -0.2) is 27.5 Å². The second-order valence-electron chi connectivity index (χ2n) is 5.97. The van der Waals surface area contributed by atoms with Crippen LogP contribution in [0.1, 0.15) is 52.3 Å². The number of nitrogens with zero attached hydrogens (tertiary/aromatic N) is 3. The predicted octanol–water partition coefficient (Wildman–Crippen LogP) is 3.19. The monoisotopic (exact) mass is 271 g/mol. The quantitative estimate of drug-likeness (QED) is 0.844. The van der Waals surface area contributed by atoms with E-state index in [0.717, 1.165) is 12.4 Å². The fourth-order valence-electron chi connectivity index (χ4n) is 2.40. The Morgan fingerprint density at radius 3 is 2.56 bits per heavy atom. The number of hydrogen-bond acceptors (Lipinski definition) is 3. The summed E-state index contributed by atoms with van der Waals surface area (Å²) in [6.07, 6.45) is 5.43. The molecule has 18 heavy (non-hydrogen) atoms. The van der Waals surface area contributed by atoms with Crippen LogP contribution in [0.4, 0.5) is 0 Å². The van der Waals surface area contributed by atoms with E-state index in [-0.39, 0.29) is 5.41 Å². The first-order valence-corrected chi connectivity index (χ1v) is 7.07. The molecule has 1 aliphatic rings. The van der Waals surface area contributed by atoms with Crippen LogP contribution in [0.5, 0.6) is 0 Å². The Hall–Kier alpha value is -0.610. The lowest BCUT2D eigenvalue weighted by atomic mass is 9.96. The Kier molecular flexibility index (Phi) is 4.28. The van der Waals surface area contributed by atoms with Gasteiger partial charge in [-0.1, -0.05) is 33.6 Å². The van der Waals surface area contributed by atoms with E-state index in [1.807, 2.05) is 4.57 Å². The van der Waals surface area contributed by atoms with Gasteiger partial charge in [0.05, 0.1) is 19.3 Å². The van der Waals surface area contributed by atoms with Crippen LogP contribution in [0, 0.1) is 0 Å². The molecule has 102 valence electrons. The summed E-state index contributed by atoms with van der Waals surface area (Å²) in [6.45, 7) is 7.76. The topological polar surface area (TPSA) is 39.9 Å². The van der Waals surface area contributed by atoms with Crippen LogP contribution < -0.4 is 0 Å². The summed E-state index contributed by atoms with van der Waals surface area (Å²) in [5.74, 6) is 0.919. The van der Waals surface area contributed by atoms with Crippen LogP contribution in [-0.2, 0) is 16.7 Å². The molecule has 1 heterocycles. The summed E-state index contributed by atoms with van der Waals surface area (Å²) < 4.78 is 7.82. The van der Waals surface area contributed by atoms with Crippen molar-refractivity contribution < 1.29 is 4.74 Å². The van der Waals surface area contributed by atoms with Crippen molar-refractivity contribution in [1.82, 2.24) is 14.8 Å². The lowest BCUT2D eigenvalue weighted by Gasteiger charge is -2.19. The van der Waals surface area contributed by atoms with Gasteiger partial charge in [0, 0.05) is 5.41 Å². The summed E-state index contributed by atoms with van der Waals surface area (Å²) in [6, 6.07) is 0. The lowest BCUT2D eigenvalue weighted by molar-refractivity contribution is 0.0523. The molecule has 0 unspecified atom stereocenters. The van der Waals surface area contributed by atoms with Gasteiger partial charge in [0.15, 0.2) is 0 Å². The molecular weight excluding hydrogens is 250 g/mol. The maximum atomic E-state index is 6.08. The highest BCUT2D eigenvalue weighted by Crippen LogP contribution is 2.24. The molecule has 2 rings (SSSR count). The van der Waals surface area contributed by atoms with Gasteiger partial charge in [-0.05, 0) is 24.4 Å². The van der Waals surface area contributed by atoms with Crippen LogP contribution in [0.3, 0.4) is 0 Å². The van der Waals surface area contributed by atoms with Crippen molar-refractivity contribution in [3.8, 4) is 0 Å². The van der Waals surface area contributed by atoms with Gasteiger partial charge in [-0.25, -0.2) is 0 Å². The fourth-order valence-corrected chi connectivity index (χ4v) is 2.61. The summed E-state index contributed by atoms with van der Waals surface area (Å²) >= 11 is 6.08. The lowest BCUT2D eigenvalue weighted by Crippen LogP contribution is -2.21. The first-order chi connectivity index (χ1) is 8.48. The molecular formula is C13H22ClN3O. The molecule has 1 aromatic rings. The Morgan fingerprint density at radius 1 is 1.28 bits per heavy atom. The Morgan fingerprint density at radius 2 is 1.94 bits per heavy atom. The van der Waals surface area contributed by atoms with Gasteiger partial charge < -0.3 is 4.74 Å². The smallest absolute Gasteiger partial charge is 0.225 e. The van der Waals surface area contributed by atoms with Gasteiger partial charge in [-0.15, -0.1) is 10.2 Å². The second-order valence-corrected chi connectivity index (χ2v) is 6.31. The molecule has 5 heteroatoms. The van der Waals surface area contributed by atoms with E-state index < -0.39 is 0 Å². The van der Waals surface area contributed by atoms with Gasteiger partial charge in [0.1, 0.15) is 5.82 Å². The predicted molar refractivity (Wildman–Crippen MR) is 71.9 cm³/mol. The maximum absolute atomic E-state index is 6.08. The summed E-state index contributed by atoms with van der Waals surface area (Å²) in [5, 5.41) is 8.57. The zero-order valence-corrected chi connectivity index (χ0v) is 12.2. The van der Waals surface area contributed by atoms with Crippen molar-refractivity contribution >= 4 is 11.6 Å². The molecule has 0 amide bonds. The van der Waals surface area contributed by atoms with Crippen LogP contribution in [0.25, 0.3) is 0 Å². The highest BCUT2D eigenvalue weighted by molar-refractivity contribution is 6.28. The minimum absolute atomic E-state index is 0.0481.